The second kappa shape index (κ2) is 45.4. The number of nitrogens with zero attached hydrogens (tertiary/aromatic N) is 7. The van der Waals surface area contributed by atoms with Gasteiger partial charge in [-0.1, -0.05) is 116 Å². The van der Waals surface area contributed by atoms with Crippen LogP contribution in [0.4, 0.5) is 0 Å². The molecule has 0 unspecified atom stereocenters. The second-order valence-corrected chi connectivity index (χ2v) is 35.8. The van der Waals surface area contributed by atoms with Crippen LogP contribution < -0.4 is 65.5 Å². The second-order valence-electron chi connectivity index (χ2n) is 35.8. The lowest BCUT2D eigenvalue weighted by molar-refractivity contribution is -0.149. The van der Waals surface area contributed by atoms with Gasteiger partial charge in [0.2, 0.25) is 82.7 Å². The Bertz CT molecular complexity index is 4940. The number of carbonyl (C=O) groups excluding carboxylic acids is 15. The highest BCUT2D eigenvalue weighted by Gasteiger charge is 2.72. The number of aliphatic hydroxyl groups is 1. The van der Waals surface area contributed by atoms with Gasteiger partial charge in [-0.25, -0.2) is 0 Å². The molecular formula is C91H130N20O19. The molecule has 15 atom stereocenters. The minimum atomic E-state index is -1.86. The monoisotopic (exact) mass is 1810 g/mol. The molecule has 5 saturated heterocycles. The van der Waals surface area contributed by atoms with Crippen molar-refractivity contribution in [3.63, 3.8) is 0 Å². The highest BCUT2D eigenvalue weighted by atomic mass is 16.4. The summed E-state index contributed by atoms with van der Waals surface area (Å²) >= 11 is 0. The summed E-state index contributed by atoms with van der Waals surface area (Å²) in [6, 6.07) is 0.831. The summed E-state index contributed by atoms with van der Waals surface area (Å²) in [5.74, 6) is -14.4. The van der Waals surface area contributed by atoms with Crippen molar-refractivity contribution in [2.75, 3.05) is 53.4 Å². The van der Waals surface area contributed by atoms with E-state index in [1.165, 1.54) is 63.8 Å². The molecule has 708 valence electrons. The van der Waals surface area contributed by atoms with Gasteiger partial charge in [0.15, 0.2) is 5.66 Å². The number of aromatic amines is 1. The minimum absolute atomic E-state index is 0.0111. The number of carboxylic acid groups (broad SMARTS) is 1. The largest absolute Gasteiger partial charge is 0.508 e. The van der Waals surface area contributed by atoms with E-state index >= 15 is 43.2 Å². The number of piperidine rings is 1. The van der Waals surface area contributed by atoms with E-state index in [0.717, 1.165) is 14.7 Å². The number of carbonyl (C=O) groups is 16. The average Bonchev–Trinajstić information content (AvgIpc) is 1.52. The van der Waals surface area contributed by atoms with Gasteiger partial charge in [-0.05, 0) is 136 Å². The van der Waals surface area contributed by atoms with Crippen molar-refractivity contribution in [3.05, 3.63) is 102 Å². The molecule has 130 heavy (non-hydrogen) atoms. The number of likely N-dealkylation sites (N-methyl/N-ethyl adjacent to an activating group) is 2. The number of H-pyrrole nitrogens is 1. The fraction of sp³-hybridized carbons (Fsp3) is 0.582. The highest BCUT2D eigenvalue weighted by molar-refractivity contribution is 6.10. The molecule has 0 bridgehead atoms. The molecule has 0 aliphatic carbocycles. The van der Waals surface area contributed by atoms with E-state index in [9.17, 15) is 48.9 Å². The zero-order valence-electron chi connectivity index (χ0n) is 75.4. The van der Waals surface area contributed by atoms with E-state index in [2.05, 4.69) is 47.5 Å². The van der Waals surface area contributed by atoms with Crippen molar-refractivity contribution in [2.24, 2.45) is 34.8 Å². The number of aliphatic hydroxyl groups excluding tert-OH is 1. The summed E-state index contributed by atoms with van der Waals surface area (Å²) in [5.41, 5.74) is 25.7. The lowest BCUT2D eigenvalue weighted by Crippen LogP contribution is -2.61. The van der Waals surface area contributed by atoms with Gasteiger partial charge in [0.05, 0.1) is 18.6 Å². The molecule has 5 aliphatic heterocycles. The van der Waals surface area contributed by atoms with E-state index in [0.29, 0.717) is 77.0 Å². The number of hydrogen-bond acceptors (Lipinski definition) is 21. The number of aromatic hydroxyl groups is 1. The number of fused-ring (bicyclic) bond motifs is 4. The van der Waals surface area contributed by atoms with Crippen LogP contribution in [0.5, 0.6) is 5.75 Å². The first-order chi connectivity index (χ1) is 61.9. The van der Waals surface area contributed by atoms with Gasteiger partial charge in [-0.15, -0.1) is 0 Å². The van der Waals surface area contributed by atoms with Gasteiger partial charge in [-0.2, -0.15) is 0 Å². The smallest absolute Gasteiger partial charge is 0.323 e. The quantitative estimate of drug-likeness (QED) is 0.0375. The number of carboxylic acids is 1. The Morgan fingerprint density at radius 2 is 1.13 bits per heavy atom. The van der Waals surface area contributed by atoms with Gasteiger partial charge in [0.25, 0.3) is 5.91 Å². The van der Waals surface area contributed by atoms with Crippen LogP contribution in [-0.4, -0.2) is 293 Å². The SMILES string of the molecule is CCCC[C@H]1C(=O)N(C)[C@@H](CCCC)C(=O)N[C@@H](CC(C)C)C(=O)NCCC[C@H](N)C(=O)N[C@@H](Cc2ccc(O)cc2)C(=O)N2CCCC[C@@]23C(=O)N3[C@@H](CC(N)=O)C(=O)N2CCC[C@H]2C(=O)N[C@@H](CN)C(=O)N[C@@H](CC(C)C)C(=O)N2C[C@H](O)C[C@H]2C(=O)N[C@@H](Cc2c[nH]c3ccccc23)C(=O)N[C@@H](CCN)C(=O)N[C@@H](Cc2cn(CC(=O)O)c3ccccc23)C(=O)N1C. The minimum Gasteiger partial charge on any atom is -0.508 e. The van der Waals surface area contributed by atoms with Gasteiger partial charge in [0.1, 0.15) is 84.8 Å². The number of nitrogens with one attached hydrogen (secondary N) is 9. The molecule has 0 radical (unpaired) electrons. The van der Waals surface area contributed by atoms with Gasteiger partial charge in [0, 0.05) is 107 Å². The first-order valence-electron chi connectivity index (χ1n) is 45.4. The van der Waals surface area contributed by atoms with Gasteiger partial charge in [-0.3, -0.25) is 81.6 Å². The molecule has 3 aromatic carbocycles. The molecule has 7 heterocycles. The zero-order valence-corrected chi connectivity index (χ0v) is 75.4. The maximum absolute atomic E-state index is 15.9. The normalized spacial score (nSPS) is 26.8. The van der Waals surface area contributed by atoms with Crippen LogP contribution in [0.25, 0.3) is 21.8 Å². The topological polar surface area (TPSA) is 574 Å². The zero-order chi connectivity index (χ0) is 94.7. The van der Waals surface area contributed by atoms with Crippen LogP contribution in [0.15, 0.2) is 85.2 Å². The standard InChI is InChI=1S/C91H130N20O19/c1-9-11-25-70-82(122)99-63(39-51(3)4)78(118)96-36-19-23-60(94)77(117)101-66(41-53-29-31-56(112)32-30-53)87(127)110-38-18-17-34-91(110)90(130)111(91)74(45-75(95)114)89(129)108-37-20-28-71(108)83(123)104-68(46-93)81(121)102-65(40-52(5)6)86(126)109-49-57(113)44-73(109)84(124)100-64(42-54-47-97-61-24-15-13-21-58(54)61)80(120)98-62(33-35-92)79(119)103-67(85(125)106(8)72(26-12-10-2)88(128)105(70)7)43-55-48-107(50-76(115)116)69-27-16-14-22-59(55)69/h13-16,21-22,24,27,29-32,47-48,51-52,57,60,62-68,70-74,97,112-113H,9-12,17-20,23,25-26,28,33-46,49-50,92-94H2,1-8H3,(H2,95,114)(H,96,118)(H,98,120)(H,99,122)(H,100,124)(H,101,117)(H,102,121)(H,103,119)(H,104,123)(H,115,116)/t57-,60+,62+,63+,64+,65+,66+,67+,68+,70+,71+,72+,73+,74+,91-,111?/m1/s1. The number of nitrogens with two attached hydrogens (primary N) is 4. The highest BCUT2D eigenvalue weighted by Crippen LogP contribution is 2.48. The lowest BCUT2D eigenvalue weighted by Gasteiger charge is -2.39. The van der Waals surface area contributed by atoms with Crippen molar-refractivity contribution in [2.45, 2.75) is 273 Å². The molecule has 5 fully saturated rings. The first-order valence-corrected chi connectivity index (χ1v) is 45.4. The van der Waals surface area contributed by atoms with Crippen molar-refractivity contribution >= 4 is 116 Å². The maximum Gasteiger partial charge on any atom is 0.323 e. The maximum atomic E-state index is 15.9. The van der Waals surface area contributed by atoms with E-state index in [-0.39, 0.29) is 134 Å². The number of unbranched alkanes of at least 4 members (excludes halogenated alkanes) is 2. The molecule has 5 aromatic rings. The summed E-state index contributed by atoms with van der Waals surface area (Å²) in [5, 5.41) is 55.3. The van der Waals surface area contributed by atoms with Crippen LogP contribution in [0, 0.1) is 11.8 Å². The van der Waals surface area contributed by atoms with Crippen molar-refractivity contribution < 1.29 is 92.0 Å². The number of aliphatic carboxylic acids is 1. The summed E-state index contributed by atoms with van der Waals surface area (Å²) in [4.78, 5) is 248. The molecule has 15 amide bonds. The Morgan fingerprint density at radius 1 is 0.546 bits per heavy atom. The number of rotatable bonds is 23. The van der Waals surface area contributed by atoms with E-state index < -0.39 is 211 Å². The summed E-state index contributed by atoms with van der Waals surface area (Å²) in [7, 11) is 2.81. The van der Waals surface area contributed by atoms with Crippen LogP contribution >= 0.6 is 0 Å². The van der Waals surface area contributed by atoms with Crippen LogP contribution in [0.1, 0.15) is 174 Å². The third-order valence-electron chi connectivity index (χ3n) is 25.2. The van der Waals surface area contributed by atoms with Crippen molar-refractivity contribution in [1.82, 2.24) is 81.5 Å². The number of amides is 15. The van der Waals surface area contributed by atoms with E-state index in [4.69, 9.17) is 22.9 Å². The molecule has 5 aliphatic rings. The Kier molecular flexibility index (Phi) is 35.0. The van der Waals surface area contributed by atoms with E-state index in [1.807, 2.05) is 27.7 Å². The number of para-hydroxylation sites is 2. The number of benzene rings is 3. The fourth-order valence-corrected chi connectivity index (χ4v) is 18.4. The predicted octanol–water partition coefficient (Wildman–Crippen LogP) is -0.247. The average molecular weight is 1810 g/mol. The Labute approximate surface area is 755 Å². The van der Waals surface area contributed by atoms with Crippen LogP contribution in [0.2, 0.25) is 0 Å². The Hall–Kier alpha value is -12.1. The number of hydrogen-bond donors (Lipinski definition) is 16. The van der Waals surface area contributed by atoms with Gasteiger partial charge < -0.3 is 115 Å². The van der Waals surface area contributed by atoms with Crippen molar-refractivity contribution in [3.8, 4) is 5.75 Å². The number of phenolic OH excluding ortho intramolecular Hbond substituents is 1. The Balaban J connectivity index is 1.01. The molecule has 39 heteroatoms. The number of primary amides is 1. The van der Waals surface area contributed by atoms with Gasteiger partial charge >= 0.3 is 5.97 Å². The third kappa shape index (κ3) is 24.3. The number of aromatic nitrogens is 2. The number of phenols is 1. The lowest BCUT2D eigenvalue weighted by atomic mass is 9.97. The van der Waals surface area contributed by atoms with Crippen molar-refractivity contribution in [1.29, 1.82) is 0 Å². The van der Waals surface area contributed by atoms with Crippen LogP contribution in [-0.2, 0) is 103 Å². The molecule has 20 N–H and O–H groups in total. The molecule has 0 saturated carbocycles. The van der Waals surface area contributed by atoms with E-state index in [1.54, 1.807) is 68.6 Å². The summed E-state index contributed by atoms with van der Waals surface area (Å²) in [6.07, 6.45) is 2.66. The molecule has 1 spiro atoms. The Morgan fingerprint density at radius 3 is 1.80 bits per heavy atom. The predicted molar refractivity (Wildman–Crippen MR) is 478 cm³/mol. The first kappa shape index (κ1) is 100. The fourth-order valence-electron chi connectivity index (χ4n) is 18.4. The third-order valence-corrected chi connectivity index (χ3v) is 25.2. The summed E-state index contributed by atoms with van der Waals surface area (Å²) in [6.45, 7) is 8.99. The molecule has 2 aromatic heterocycles. The molecular weight excluding hydrogens is 1680 g/mol. The summed E-state index contributed by atoms with van der Waals surface area (Å²) < 4.78 is 1.47. The molecule has 10 rings (SSSR count). The molecule has 39 nitrogen and oxygen atoms in total. The van der Waals surface area contributed by atoms with Crippen LogP contribution in [0.3, 0.4) is 0 Å².